The van der Waals surface area contributed by atoms with Crippen molar-refractivity contribution in [3.63, 3.8) is 0 Å². The van der Waals surface area contributed by atoms with E-state index in [-0.39, 0.29) is 60.1 Å². The van der Waals surface area contributed by atoms with Crippen LogP contribution in [0.15, 0.2) is 59.5 Å². The molecule has 0 radical (unpaired) electrons. The number of hydrogen-bond donors (Lipinski definition) is 2. The van der Waals surface area contributed by atoms with E-state index in [2.05, 4.69) is 10.3 Å². The Morgan fingerprint density at radius 1 is 1.26 bits per heavy atom. The first-order chi connectivity index (χ1) is 16.1. The summed E-state index contributed by atoms with van der Waals surface area (Å²) >= 11 is 0. The van der Waals surface area contributed by atoms with Crippen molar-refractivity contribution < 1.29 is 30.7 Å². The van der Waals surface area contributed by atoms with Gasteiger partial charge in [0.2, 0.25) is 9.84 Å². The van der Waals surface area contributed by atoms with Crippen LogP contribution in [-0.4, -0.2) is 49.6 Å². The molecule has 1 aliphatic rings. The van der Waals surface area contributed by atoms with Crippen molar-refractivity contribution in [3.05, 3.63) is 60.2 Å². The van der Waals surface area contributed by atoms with E-state index in [1.54, 1.807) is 0 Å². The molecule has 2 heterocycles. The van der Waals surface area contributed by atoms with Gasteiger partial charge in [0.15, 0.2) is 5.44 Å². The van der Waals surface area contributed by atoms with Gasteiger partial charge in [0.25, 0.3) is 0 Å². The summed E-state index contributed by atoms with van der Waals surface area (Å²) in [5.74, 6) is -0.602. The van der Waals surface area contributed by atoms with E-state index in [1.807, 2.05) is 0 Å². The first-order valence-corrected chi connectivity index (χ1v) is 11.9. The Bertz CT molecular complexity index is 1320. The summed E-state index contributed by atoms with van der Waals surface area (Å²) in [6.07, 6.45) is -2.27. The number of hydrogen-bond acceptors (Lipinski definition) is 6. The number of nitrogens with one attached hydrogen (secondary N) is 1. The number of benzene rings is 2. The molecule has 4 rings (SSSR count). The van der Waals surface area contributed by atoms with Crippen LogP contribution in [-0.2, 0) is 27.3 Å². The Morgan fingerprint density at radius 2 is 1.97 bits per heavy atom. The zero-order valence-corrected chi connectivity index (χ0v) is 19.9. The Hall–Kier alpha value is -2.51. The van der Waals surface area contributed by atoms with E-state index in [4.69, 9.17) is 10.5 Å². The van der Waals surface area contributed by atoms with Crippen LogP contribution in [0, 0.1) is 0 Å². The van der Waals surface area contributed by atoms with Crippen LogP contribution in [0.25, 0.3) is 22.2 Å². The largest absolute Gasteiger partial charge is 0.416 e. The number of rotatable bonds is 6. The van der Waals surface area contributed by atoms with Gasteiger partial charge in [0.1, 0.15) is 5.83 Å². The second-order valence-electron chi connectivity index (χ2n) is 7.72. The van der Waals surface area contributed by atoms with Crippen LogP contribution in [0.4, 0.5) is 17.6 Å². The Balaban J connectivity index is 0.00000342. The fraction of sp³-hybridized carbons (Fsp3) is 0.318. The molecule has 0 amide bonds. The molecule has 2 aromatic carbocycles. The molecule has 1 atom stereocenters. The van der Waals surface area contributed by atoms with Gasteiger partial charge in [-0.25, -0.2) is 17.8 Å². The molecule has 0 saturated carbocycles. The summed E-state index contributed by atoms with van der Waals surface area (Å²) in [5, 5.41) is 2.95. The summed E-state index contributed by atoms with van der Waals surface area (Å²) in [6.45, 7) is 0.587. The van der Waals surface area contributed by atoms with Gasteiger partial charge < -0.3 is 20.4 Å². The molecule has 190 valence electrons. The second-order valence-corrected chi connectivity index (χ2v) is 9.81. The first kappa shape index (κ1) is 27.1. The van der Waals surface area contributed by atoms with Crippen molar-refractivity contribution in [2.45, 2.75) is 23.1 Å². The predicted molar refractivity (Wildman–Crippen MR) is 125 cm³/mol. The van der Waals surface area contributed by atoms with Gasteiger partial charge in [-0.3, -0.25) is 0 Å². The fourth-order valence-electron chi connectivity index (χ4n) is 3.74. The number of nitrogens with zero attached hydrogens (tertiary/aromatic N) is 2. The van der Waals surface area contributed by atoms with Crippen LogP contribution < -0.4 is 11.1 Å². The van der Waals surface area contributed by atoms with Gasteiger partial charge in [0.05, 0.1) is 41.0 Å². The lowest BCUT2D eigenvalue weighted by molar-refractivity contribution is -0.137. The van der Waals surface area contributed by atoms with Crippen molar-refractivity contribution in [1.29, 1.82) is 0 Å². The van der Waals surface area contributed by atoms with E-state index in [0.29, 0.717) is 12.1 Å². The van der Waals surface area contributed by atoms with Gasteiger partial charge in [-0.05, 0) is 35.9 Å². The lowest BCUT2D eigenvalue weighted by Gasteiger charge is -2.23. The predicted octanol–water partition coefficient (Wildman–Crippen LogP) is 3.68. The summed E-state index contributed by atoms with van der Waals surface area (Å²) < 4.78 is 87.1. The highest BCUT2D eigenvalue weighted by Crippen LogP contribution is 2.37. The highest BCUT2D eigenvalue weighted by molar-refractivity contribution is 7.92. The highest BCUT2D eigenvalue weighted by atomic mass is 35.5. The Morgan fingerprint density at radius 3 is 2.57 bits per heavy atom. The molecule has 13 heteroatoms. The van der Waals surface area contributed by atoms with Crippen LogP contribution in [0.2, 0.25) is 0 Å². The minimum Gasteiger partial charge on any atom is -0.359 e. The molecule has 1 saturated heterocycles. The third-order valence-electron chi connectivity index (χ3n) is 5.45. The number of imidazole rings is 1. The van der Waals surface area contributed by atoms with E-state index >= 15 is 0 Å². The number of allylic oxidation sites excluding steroid dienone is 1. The lowest BCUT2D eigenvalue weighted by Crippen LogP contribution is -2.42. The third kappa shape index (κ3) is 5.67. The molecule has 1 unspecified atom stereocenters. The number of alkyl halides is 3. The number of fused-ring (bicyclic) bond motifs is 1. The van der Waals surface area contributed by atoms with E-state index in [0.717, 1.165) is 18.2 Å². The molecule has 1 aliphatic heterocycles. The minimum atomic E-state index is -4.65. The Kier molecular flexibility index (Phi) is 8.22. The molecule has 1 fully saturated rings. The molecule has 3 N–H and O–H groups in total. The van der Waals surface area contributed by atoms with Gasteiger partial charge in [-0.2, -0.15) is 13.2 Å². The number of morpholine rings is 1. The average Bonchev–Trinajstić information content (AvgIpc) is 3.21. The average molecular weight is 535 g/mol. The quantitative estimate of drug-likeness (QED) is 0.468. The van der Waals surface area contributed by atoms with Crippen molar-refractivity contribution in [3.8, 4) is 11.1 Å². The van der Waals surface area contributed by atoms with Crippen molar-refractivity contribution in [2.24, 2.45) is 5.73 Å². The van der Waals surface area contributed by atoms with Crippen LogP contribution in [0.3, 0.4) is 0 Å². The van der Waals surface area contributed by atoms with Crippen LogP contribution in [0.5, 0.6) is 0 Å². The topological polar surface area (TPSA) is 99.2 Å². The summed E-state index contributed by atoms with van der Waals surface area (Å²) in [5.41, 5.74) is 4.12. The molecule has 35 heavy (non-hydrogen) atoms. The number of nitrogens with two attached hydrogens (primary N) is 1. The SMILES string of the molecule is Cl.NC/C=C(\F)Cn1cnc2c(-c3ccc(S(=O)(=O)C4CNCCO4)cc3)cc(C(F)(F)F)cc21. The maximum atomic E-state index is 14.0. The summed E-state index contributed by atoms with van der Waals surface area (Å²) in [4.78, 5) is 4.19. The smallest absolute Gasteiger partial charge is 0.359 e. The minimum absolute atomic E-state index is 0. The highest BCUT2D eigenvalue weighted by Gasteiger charge is 2.33. The van der Waals surface area contributed by atoms with E-state index in [1.165, 1.54) is 35.2 Å². The number of ether oxygens (including phenoxy) is 1. The van der Waals surface area contributed by atoms with Gasteiger partial charge >= 0.3 is 6.18 Å². The summed E-state index contributed by atoms with van der Waals surface area (Å²) in [6, 6.07) is 7.36. The molecule has 7 nitrogen and oxygen atoms in total. The maximum Gasteiger partial charge on any atom is 0.416 e. The molecule has 0 spiro atoms. The number of aromatic nitrogens is 2. The van der Waals surface area contributed by atoms with Gasteiger partial charge in [-0.15, -0.1) is 12.4 Å². The van der Waals surface area contributed by atoms with E-state index < -0.39 is 32.8 Å². The lowest BCUT2D eigenvalue weighted by atomic mass is 10.0. The first-order valence-electron chi connectivity index (χ1n) is 10.4. The van der Waals surface area contributed by atoms with E-state index in [9.17, 15) is 26.0 Å². The van der Waals surface area contributed by atoms with Crippen LogP contribution >= 0.6 is 12.4 Å². The zero-order chi connectivity index (χ0) is 24.5. The number of sulfone groups is 1. The molecular formula is C22H23ClF4N4O3S. The van der Waals surface area contributed by atoms with Crippen molar-refractivity contribution in [1.82, 2.24) is 14.9 Å². The monoisotopic (exact) mass is 534 g/mol. The number of halogens is 5. The van der Waals surface area contributed by atoms with Gasteiger partial charge in [-0.1, -0.05) is 12.1 Å². The normalized spacial score (nSPS) is 17.4. The second kappa shape index (κ2) is 10.6. The van der Waals surface area contributed by atoms with Gasteiger partial charge in [0, 0.05) is 25.2 Å². The molecule has 3 aromatic rings. The fourth-order valence-corrected chi connectivity index (χ4v) is 5.18. The third-order valence-corrected chi connectivity index (χ3v) is 7.37. The summed E-state index contributed by atoms with van der Waals surface area (Å²) in [7, 11) is -3.79. The van der Waals surface area contributed by atoms with Crippen LogP contribution in [0.1, 0.15) is 5.56 Å². The molecule has 0 bridgehead atoms. The molecule has 1 aromatic heterocycles. The molecule has 0 aliphatic carbocycles. The van der Waals surface area contributed by atoms with Crippen molar-refractivity contribution in [2.75, 3.05) is 26.2 Å². The zero-order valence-electron chi connectivity index (χ0n) is 18.3. The van der Waals surface area contributed by atoms with Crippen molar-refractivity contribution >= 4 is 33.3 Å². The Labute approximate surface area is 205 Å². The maximum absolute atomic E-state index is 14.0. The standard InChI is InChI=1S/C22H22F4N4O3S.ClH/c23-16(5-6-27)12-30-13-29-21-18(9-15(10-19(21)30)22(24,25)26)14-1-3-17(4-2-14)34(31,32)20-11-28-7-8-33-20;/h1-5,9-10,13,20,28H,6-8,11-12,27H2;1H/b16-5-;. The molecular weight excluding hydrogens is 512 g/mol.